The van der Waals surface area contributed by atoms with E-state index in [9.17, 15) is 4.79 Å². The zero-order valence-electron chi connectivity index (χ0n) is 20.7. The van der Waals surface area contributed by atoms with Gasteiger partial charge in [0.15, 0.2) is 4.34 Å². The van der Waals surface area contributed by atoms with Gasteiger partial charge in [0.05, 0.1) is 23.6 Å². The van der Waals surface area contributed by atoms with Gasteiger partial charge in [-0.2, -0.15) is 0 Å². The Hall–Kier alpha value is -1.07. The molecule has 0 amide bonds. The molecule has 178 valence electrons. The van der Waals surface area contributed by atoms with Gasteiger partial charge in [-0.25, -0.2) is 4.98 Å². The molecular formula is C27H41NO2S2. The number of carbonyl (C=O) groups excluding carboxylic acids is 1. The summed E-state index contributed by atoms with van der Waals surface area (Å²) in [4.78, 5) is 18.8. The predicted molar refractivity (Wildman–Crippen MR) is 139 cm³/mol. The van der Waals surface area contributed by atoms with Crippen molar-refractivity contribution in [3.8, 4) is 0 Å². The minimum atomic E-state index is -0.0679. The highest BCUT2D eigenvalue weighted by molar-refractivity contribution is 8.01. The largest absolute Gasteiger partial charge is 0.465 e. The third-order valence-electron chi connectivity index (χ3n) is 7.33. The molecule has 32 heavy (non-hydrogen) atoms. The number of esters is 1. The van der Waals surface area contributed by atoms with Gasteiger partial charge in [0.1, 0.15) is 0 Å². The Morgan fingerprint density at radius 1 is 1.16 bits per heavy atom. The Kier molecular flexibility index (Phi) is 9.91. The molecule has 3 nitrogen and oxygen atoms in total. The highest BCUT2D eigenvalue weighted by Gasteiger charge is 2.28. The summed E-state index contributed by atoms with van der Waals surface area (Å²) in [6.07, 6.45) is 11.2. The first-order chi connectivity index (χ1) is 15.5. The average molecular weight is 476 g/mol. The molecule has 1 aromatic heterocycles. The molecule has 2 unspecified atom stereocenters. The lowest BCUT2D eigenvalue weighted by atomic mass is 9.87. The first-order valence-corrected chi connectivity index (χ1v) is 14.5. The number of allylic oxidation sites excluding steroid dienone is 4. The Bertz CT molecular complexity index is 804. The average Bonchev–Trinajstić information content (AvgIpc) is 3.20. The molecule has 0 spiro atoms. The van der Waals surface area contributed by atoms with Gasteiger partial charge in [-0.3, -0.25) is 4.79 Å². The Morgan fingerprint density at radius 3 is 2.59 bits per heavy atom. The number of nitrogens with zero attached hydrogens (tertiary/aromatic N) is 1. The fourth-order valence-electron chi connectivity index (χ4n) is 4.79. The third kappa shape index (κ3) is 6.28. The number of thiazole rings is 1. The van der Waals surface area contributed by atoms with Crippen molar-refractivity contribution in [3.63, 3.8) is 0 Å². The van der Waals surface area contributed by atoms with Gasteiger partial charge in [0.25, 0.3) is 0 Å². The van der Waals surface area contributed by atoms with Crippen LogP contribution in [-0.4, -0.2) is 23.3 Å². The normalized spacial score (nSPS) is 19.8. The molecule has 1 heterocycles. The standard InChI is InChI=1S/C27H41NO2S2/c1-6-8-12-21(7-2)17-30-24(29)15-16-31-27-28-25-22-13-10-9-11-14-23(26(25)32-27)20(5)18(3)19(22)4/h18,21H,6-17H2,1-5H3. The summed E-state index contributed by atoms with van der Waals surface area (Å²) in [5.74, 6) is 1.68. The van der Waals surface area contributed by atoms with Gasteiger partial charge in [-0.1, -0.05) is 69.4 Å². The lowest BCUT2D eigenvalue weighted by Gasteiger charge is -2.19. The van der Waals surface area contributed by atoms with Gasteiger partial charge < -0.3 is 4.74 Å². The van der Waals surface area contributed by atoms with Crippen LogP contribution in [0.4, 0.5) is 0 Å². The van der Waals surface area contributed by atoms with Crippen LogP contribution in [0.15, 0.2) is 15.5 Å². The summed E-state index contributed by atoms with van der Waals surface area (Å²) in [5.41, 5.74) is 7.27. The van der Waals surface area contributed by atoms with Crippen LogP contribution in [0.1, 0.15) is 109 Å². The molecule has 2 bridgehead atoms. The number of unbranched alkanes of at least 4 members (excludes halogenated alkanes) is 1. The van der Waals surface area contributed by atoms with Crippen molar-refractivity contribution >= 4 is 40.2 Å². The maximum absolute atomic E-state index is 12.3. The molecule has 0 saturated carbocycles. The second kappa shape index (κ2) is 12.4. The minimum absolute atomic E-state index is 0.0679. The fourth-order valence-corrected chi connectivity index (χ4v) is 7.09. The number of carbonyl (C=O) groups is 1. The first-order valence-electron chi connectivity index (χ1n) is 12.6. The van der Waals surface area contributed by atoms with Crippen LogP contribution in [0.3, 0.4) is 0 Å². The van der Waals surface area contributed by atoms with Crippen molar-refractivity contribution in [2.24, 2.45) is 11.8 Å². The van der Waals surface area contributed by atoms with E-state index in [1.807, 2.05) is 11.3 Å². The molecule has 0 aliphatic heterocycles. The quantitative estimate of drug-likeness (QED) is 0.251. The van der Waals surface area contributed by atoms with Crippen LogP contribution >= 0.6 is 23.1 Å². The molecule has 0 saturated heterocycles. The van der Waals surface area contributed by atoms with E-state index in [1.54, 1.807) is 11.8 Å². The molecule has 1 aromatic rings. The molecule has 5 heteroatoms. The van der Waals surface area contributed by atoms with Crippen LogP contribution in [-0.2, 0) is 9.53 Å². The highest BCUT2D eigenvalue weighted by atomic mass is 32.2. The molecule has 2 aliphatic carbocycles. The number of rotatable bonds is 10. The lowest BCUT2D eigenvalue weighted by Crippen LogP contribution is -2.14. The van der Waals surface area contributed by atoms with Gasteiger partial charge in [0.2, 0.25) is 0 Å². The van der Waals surface area contributed by atoms with Crippen LogP contribution in [0, 0.1) is 11.8 Å². The number of aromatic nitrogens is 1. The van der Waals surface area contributed by atoms with E-state index in [4.69, 9.17) is 9.72 Å². The van der Waals surface area contributed by atoms with Crippen LogP contribution in [0.2, 0.25) is 0 Å². The monoisotopic (exact) mass is 475 g/mol. The van der Waals surface area contributed by atoms with E-state index < -0.39 is 0 Å². The SMILES string of the molecule is CCCCC(CC)COC(=O)CCSc1nc2c(s1)C1=C(C)C(C)C(C)=C2CCCCC1. The summed E-state index contributed by atoms with van der Waals surface area (Å²) in [5, 5.41) is 0. The summed E-state index contributed by atoms with van der Waals surface area (Å²) < 4.78 is 6.67. The summed E-state index contributed by atoms with van der Waals surface area (Å²) in [7, 11) is 0. The van der Waals surface area contributed by atoms with Crippen molar-refractivity contribution < 1.29 is 9.53 Å². The summed E-state index contributed by atoms with van der Waals surface area (Å²) in [6, 6.07) is 0. The van der Waals surface area contributed by atoms with Crippen molar-refractivity contribution in [2.75, 3.05) is 12.4 Å². The van der Waals surface area contributed by atoms with E-state index in [0.717, 1.165) is 29.4 Å². The van der Waals surface area contributed by atoms with Gasteiger partial charge >= 0.3 is 5.97 Å². The second-order valence-electron chi connectivity index (χ2n) is 9.46. The maximum atomic E-state index is 12.3. The highest BCUT2D eigenvalue weighted by Crippen LogP contribution is 2.47. The van der Waals surface area contributed by atoms with Gasteiger partial charge in [-0.15, -0.1) is 11.3 Å². The van der Waals surface area contributed by atoms with Crippen LogP contribution in [0.25, 0.3) is 11.1 Å². The van der Waals surface area contributed by atoms with E-state index in [-0.39, 0.29) is 5.97 Å². The molecule has 0 fully saturated rings. The zero-order valence-corrected chi connectivity index (χ0v) is 22.4. The first kappa shape index (κ1) is 25.6. The van der Waals surface area contributed by atoms with Crippen LogP contribution < -0.4 is 0 Å². The predicted octanol–water partition coefficient (Wildman–Crippen LogP) is 8.55. The number of hydrogen-bond acceptors (Lipinski definition) is 5. The van der Waals surface area contributed by atoms with E-state index in [2.05, 4.69) is 34.6 Å². The third-order valence-corrected chi connectivity index (χ3v) is 9.59. The zero-order chi connectivity index (χ0) is 23.1. The molecule has 0 aromatic carbocycles. The minimum Gasteiger partial charge on any atom is -0.465 e. The molecule has 2 atom stereocenters. The molecule has 2 aliphatic rings. The lowest BCUT2D eigenvalue weighted by molar-refractivity contribution is -0.144. The van der Waals surface area contributed by atoms with Crippen molar-refractivity contribution in [3.05, 3.63) is 21.7 Å². The van der Waals surface area contributed by atoms with Gasteiger partial charge in [0, 0.05) is 5.75 Å². The molecule has 0 radical (unpaired) electrons. The Balaban J connectivity index is 1.63. The number of ether oxygens (including phenoxy) is 1. The number of hydrogen-bond donors (Lipinski definition) is 0. The van der Waals surface area contributed by atoms with Crippen LogP contribution in [0.5, 0.6) is 0 Å². The molecule has 0 N–H and O–H groups in total. The van der Waals surface area contributed by atoms with E-state index in [1.165, 1.54) is 71.4 Å². The van der Waals surface area contributed by atoms with Crippen molar-refractivity contribution in [2.45, 2.75) is 103 Å². The maximum Gasteiger partial charge on any atom is 0.306 e. The van der Waals surface area contributed by atoms with Crippen molar-refractivity contribution in [1.82, 2.24) is 4.98 Å². The van der Waals surface area contributed by atoms with Crippen molar-refractivity contribution in [1.29, 1.82) is 0 Å². The Labute approximate surface area is 203 Å². The van der Waals surface area contributed by atoms with Gasteiger partial charge in [-0.05, 0) is 68.9 Å². The molecular weight excluding hydrogens is 434 g/mol. The molecule has 3 rings (SSSR count). The van der Waals surface area contributed by atoms with E-state index in [0.29, 0.717) is 24.9 Å². The second-order valence-corrected chi connectivity index (χ2v) is 11.8. The fraction of sp³-hybridized carbons (Fsp3) is 0.704. The summed E-state index contributed by atoms with van der Waals surface area (Å²) >= 11 is 3.56. The van der Waals surface area contributed by atoms with E-state index >= 15 is 0 Å². The number of thioether (sulfide) groups is 1. The topological polar surface area (TPSA) is 39.2 Å². The smallest absolute Gasteiger partial charge is 0.306 e. The summed E-state index contributed by atoms with van der Waals surface area (Å²) in [6.45, 7) is 12.0. The Morgan fingerprint density at radius 2 is 1.88 bits per heavy atom.